The maximum absolute atomic E-state index is 3.76. The highest BCUT2D eigenvalue weighted by Crippen LogP contribution is 2.30. The van der Waals surface area contributed by atoms with Crippen LogP contribution in [0.2, 0.25) is 0 Å². The maximum Gasteiger partial charge on any atom is 0.166 e. The topological polar surface area (TPSA) is 0 Å². The molecule has 0 fully saturated rings. The summed E-state index contributed by atoms with van der Waals surface area (Å²) in [5.41, 5.74) is 0. The van der Waals surface area contributed by atoms with Gasteiger partial charge in [-0.2, -0.15) is 0 Å². The molecule has 0 spiro atoms. The molecular weight excluding hydrogens is 284 g/mol. The Bertz CT molecular complexity index is 555. The first kappa shape index (κ1) is 18.1. The van der Waals surface area contributed by atoms with Crippen LogP contribution in [0.1, 0.15) is 20.8 Å². The fourth-order valence-corrected chi connectivity index (χ4v) is 4.09. The molecule has 0 aliphatic heterocycles. The third kappa shape index (κ3) is 5.09. The summed E-state index contributed by atoms with van der Waals surface area (Å²) in [5.74, 6) is 0. The number of hydrogen-bond donors (Lipinski definition) is 0. The molecule has 0 aromatic heterocycles. The van der Waals surface area contributed by atoms with Gasteiger partial charge in [0, 0.05) is 0 Å². The molecule has 0 nitrogen and oxygen atoms in total. The molecule has 22 heavy (non-hydrogen) atoms. The van der Waals surface area contributed by atoms with Crippen molar-refractivity contribution in [2.24, 2.45) is 0 Å². The molecule has 0 N–H and O–H groups in total. The van der Waals surface area contributed by atoms with E-state index >= 15 is 0 Å². The standard InChI is InChI=1S/C19H19S.C2H6/c1-3-5-12-17(4-2)20(18-13-8-6-9-14-18)19-15-10-7-11-16-19;1-2/h3-16H,1H2,2H3;1-2H3/q+1;/b12-5-,17-4+;. The van der Waals surface area contributed by atoms with Crippen LogP contribution in [0.3, 0.4) is 0 Å². The predicted octanol–water partition coefficient (Wildman–Crippen LogP) is 6.40. The Morgan fingerprint density at radius 3 is 1.68 bits per heavy atom. The van der Waals surface area contributed by atoms with Gasteiger partial charge in [0.1, 0.15) is 0 Å². The highest BCUT2D eigenvalue weighted by molar-refractivity contribution is 8.00. The van der Waals surface area contributed by atoms with Crippen LogP contribution in [0.25, 0.3) is 0 Å². The van der Waals surface area contributed by atoms with Crippen molar-refractivity contribution in [2.45, 2.75) is 30.6 Å². The highest BCUT2D eigenvalue weighted by atomic mass is 32.2. The predicted molar refractivity (Wildman–Crippen MR) is 101 cm³/mol. The summed E-state index contributed by atoms with van der Waals surface area (Å²) >= 11 is 0. The average molecular weight is 309 g/mol. The Morgan fingerprint density at radius 1 is 0.864 bits per heavy atom. The van der Waals surface area contributed by atoms with Gasteiger partial charge in [0.2, 0.25) is 0 Å². The van der Waals surface area contributed by atoms with Crippen LogP contribution in [0, 0.1) is 0 Å². The van der Waals surface area contributed by atoms with Crippen molar-refractivity contribution in [1.82, 2.24) is 0 Å². The number of hydrogen-bond acceptors (Lipinski definition) is 0. The molecule has 0 bridgehead atoms. The second kappa shape index (κ2) is 10.7. The van der Waals surface area contributed by atoms with E-state index in [-0.39, 0.29) is 10.9 Å². The molecule has 0 saturated carbocycles. The first-order valence-electron chi connectivity index (χ1n) is 7.66. The summed E-state index contributed by atoms with van der Waals surface area (Å²) in [6.07, 6.45) is 8.15. The Kier molecular flexibility index (Phi) is 8.78. The first-order valence-corrected chi connectivity index (χ1v) is 8.89. The van der Waals surface area contributed by atoms with E-state index in [0.717, 1.165) is 0 Å². The molecule has 0 unspecified atom stereocenters. The molecule has 0 heterocycles. The summed E-state index contributed by atoms with van der Waals surface area (Å²) in [6.45, 7) is 9.85. The van der Waals surface area contributed by atoms with Gasteiger partial charge in [0.05, 0.1) is 10.9 Å². The zero-order chi connectivity index (χ0) is 16.2. The molecule has 1 heteroatoms. The Labute approximate surface area is 138 Å². The van der Waals surface area contributed by atoms with Gasteiger partial charge in [0.25, 0.3) is 0 Å². The summed E-state index contributed by atoms with van der Waals surface area (Å²) in [4.78, 5) is 3.98. The molecule has 0 amide bonds. The van der Waals surface area contributed by atoms with E-state index in [9.17, 15) is 0 Å². The molecule has 114 valence electrons. The van der Waals surface area contributed by atoms with Crippen molar-refractivity contribution in [1.29, 1.82) is 0 Å². The average Bonchev–Trinajstić information content (AvgIpc) is 2.62. The Balaban J connectivity index is 0.00000116. The van der Waals surface area contributed by atoms with Gasteiger partial charge in [-0.15, -0.1) is 0 Å². The second-order valence-corrected chi connectivity index (χ2v) is 6.24. The monoisotopic (exact) mass is 309 g/mol. The molecule has 0 aliphatic rings. The number of benzene rings is 2. The molecule has 2 aromatic carbocycles. The van der Waals surface area contributed by atoms with Crippen LogP contribution in [0.15, 0.2) is 106 Å². The van der Waals surface area contributed by atoms with Gasteiger partial charge < -0.3 is 0 Å². The highest BCUT2D eigenvalue weighted by Gasteiger charge is 2.28. The summed E-state index contributed by atoms with van der Waals surface area (Å²) in [7, 11) is -0.0640. The second-order valence-electron chi connectivity index (χ2n) is 4.22. The van der Waals surface area contributed by atoms with Gasteiger partial charge in [0.15, 0.2) is 14.7 Å². The third-order valence-corrected chi connectivity index (χ3v) is 5.20. The quantitative estimate of drug-likeness (QED) is 0.443. The van der Waals surface area contributed by atoms with Crippen LogP contribution in [-0.4, -0.2) is 0 Å². The summed E-state index contributed by atoms with van der Waals surface area (Å²) in [6, 6.07) is 21.3. The van der Waals surface area contributed by atoms with Crippen LogP contribution < -0.4 is 0 Å². The van der Waals surface area contributed by atoms with Crippen molar-refractivity contribution in [2.75, 3.05) is 0 Å². The number of allylic oxidation sites excluding steroid dienone is 4. The van der Waals surface area contributed by atoms with Gasteiger partial charge in [-0.25, -0.2) is 0 Å². The lowest BCUT2D eigenvalue weighted by Crippen LogP contribution is -2.05. The van der Waals surface area contributed by atoms with Gasteiger partial charge in [-0.05, 0) is 43.3 Å². The molecule has 0 atom stereocenters. The minimum Gasteiger partial charge on any atom is -0.0991 e. The largest absolute Gasteiger partial charge is 0.166 e. The van der Waals surface area contributed by atoms with Crippen LogP contribution in [-0.2, 0) is 10.9 Å². The van der Waals surface area contributed by atoms with E-state index in [4.69, 9.17) is 0 Å². The molecule has 0 aliphatic carbocycles. The van der Waals surface area contributed by atoms with Gasteiger partial charge in [-0.3, -0.25) is 0 Å². The van der Waals surface area contributed by atoms with E-state index in [1.165, 1.54) is 14.7 Å². The van der Waals surface area contributed by atoms with Crippen LogP contribution >= 0.6 is 0 Å². The van der Waals surface area contributed by atoms with E-state index < -0.39 is 0 Å². The van der Waals surface area contributed by atoms with Crippen molar-refractivity contribution >= 4 is 10.9 Å². The summed E-state index contributed by atoms with van der Waals surface area (Å²) in [5, 5.41) is 0. The Morgan fingerprint density at radius 2 is 1.32 bits per heavy atom. The first-order chi connectivity index (χ1) is 10.9. The molecule has 2 rings (SSSR count). The van der Waals surface area contributed by atoms with E-state index in [0.29, 0.717) is 0 Å². The van der Waals surface area contributed by atoms with Gasteiger partial charge in [-0.1, -0.05) is 69.0 Å². The minimum absolute atomic E-state index is 0.0640. The lowest BCUT2D eigenvalue weighted by Gasteiger charge is -2.08. The lowest BCUT2D eigenvalue weighted by molar-refractivity contribution is 1.38. The molecule has 2 aromatic rings. The number of rotatable bonds is 5. The molecular formula is C21H25S+. The van der Waals surface area contributed by atoms with Crippen LogP contribution in [0.4, 0.5) is 0 Å². The van der Waals surface area contributed by atoms with Crippen LogP contribution in [0.5, 0.6) is 0 Å². The maximum atomic E-state index is 3.76. The van der Waals surface area contributed by atoms with Crippen molar-refractivity contribution in [3.8, 4) is 0 Å². The van der Waals surface area contributed by atoms with Crippen molar-refractivity contribution < 1.29 is 0 Å². The third-order valence-electron chi connectivity index (χ3n) is 2.87. The normalized spacial score (nSPS) is 11.2. The molecule has 0 saturated heterocycles. The minimum atomic E-state index is -0.0640. The fraction of sp³-hybridized carbons (Fsp3) is 0.143. The fourth-order valence-electron chi connectivity index (χ4n) is 1.97. The SMILES string of the molecule is C=C/C=C\C(=C/C)[S+](c1ccccc1)c1ccccc1.CC. The lowest BCUT2D eigenvalue weighted by atomic mass is 10.4. The zero-order valence-corrected chi connectivity index (χ0v) is 14.5. The Hall–Kier alpha value is -1.99. The van der Waals surface area contributed by atoms with E-state index in [2.05, 4.69) is 86.3 Å². The molecule has 0 radical (unpaired) electrons. The van der Waals surface area contributed by atoms with Crippen molar-refractivity contribution in [3.05, 3.63) is 96.5 Å². The van der Waals surface area contributed by atoms with Crippen molar-refractivity contribution in [3.63, 3.8) is 0 Å². The van der Waals surface area contributed by atoms with Gasteiger partial charge >= 0.3 is 0 Å². The van der Waals surface area contributed by atoms with E-state index in [1.54, 1.807) is 0 Å². The van der Waals surface area contributed by atoms with E-state index in [1.807, 2.05) is 26.0 Å². The zero-order valence-electron chi connectivity index (χ0n) is 13.7. The smallest absolute Gasteiger partial charge is 0.0991 e. The summed E-state index contributed by atoms with van der Waals surface area (Å²) < 4.78 is 0.